The molecular formula is C18H23NO5. The second kappa shape index (κ2) is 6.95. The highest BCUT2D eigenvalue weighted by Crippen LogP contribution is 2.34. The van der Waals surface area contributed by atoms with Gasteiger partial charge in [0.15, 0.2) is 0 Å². The maximum absolute atomic E-state index is 12.6. The SMILES string of the molecule is COc1ccccc1CN(C(=O)OC(C)(C)C)C1=C(C(=O)O)CC1. The Morgan fingerprint density at radius 1 is 1.21 bits per heavy atom. The number of hydrogen-bond acceptors (Lipinski definition) is 4. The van der Waals surface area contributed by atoms with Crippen LogP contribution in [0.5, 0.6) is 5.75 Å². The van der Waals surface area contributed by atoms with Crippen molar-refractivity contribution < 1.29 is 24.2 Å². The zero-order chi connectivity index (χ0) is 17.9. The van der Waals surface area contributed by atoms with Gasteiger partial charge in [-0.1, -0.05) is 18.2 Å². The summed E-state index contributed by atoms with van der Waals surface area (Å²) in [7, 11) is 1.56. The number of nitrogens with zero attached hydrogens (tertiary/aromatic N) is 1. The summed E-state index contributed by atoms with van der Waals surface area (Å²) in [5, 5.41) is 9.27. The molecule has 0 bridgehead atoms. The van der Waals surface area contributed by atoms with Crippen LogP contribution in [0.15, 0.2) is 35.5 Å². The van der Waals surface area contributed by atoms with Crippen LogP contribution < -0.4 is 4.74 Å². The lowest BCUT2D eigenvalue weighted by molar-refractivity contribution is -0.133. The molecule has 6 heteroatoms. The second-order valence-electron chi connectivity index (χ2n) is 6.61. The normalized spacial score (nSPS) is 14.0. The van der Waals surface area contributed by atoms with E-state index in [2.05, 4.69) is 0 Å². The Labute approximate surface area is 141 Å². The number of aliphatic carboxylic acids is 1. The third kappa shape index (κ3) is 4.07. The summed E-state index contributed by atoms with van der Waals surface area (Å²) >= 11 is 0. The number of para-hydroxylation sites is 1. The quantitative estimate of drug-likeness (QED) is 0.891. The predicted molar refractivity (Wildman–Crippen MR) is 88.7 cm³/mol. The first kappa shape index (κ1) is 17.8. The maximum atomic E-state index is 12.6. The standard InChI is InChI=1S/C18H23NO5/c1-18(2,3)24-17(22)19(14-10-9-13(14)16(20)21)11-12-7-5-6-8-15(12)23-4/h5-8H,9-11H2,1-4H3,(H,20,21). The Morgan fingerprint density at radius 3 is 2.38 bits per heavy atom. The van der Waals surface area contributed by atoms with E-state index in [-0.39, 0.29) is 12.1 Å². The van der Waals surface area contributed by atoms with Crippen LogP contribution in [0.1, 0.15) is 39.2 Å². The summed E-state index contributed by atoms with van der Waals surface area (Å²) < 4.78 is 10.8. The number of carbonyl (C=O) groups excluding carboxylic acids is 1. The fraction of sp³-hybridized carbons (Fsp3) is 0.444. The average molecular weight is 333 g/mol. The van der Waals surface area contributed by atoms with E-state index in [0.717, 1.165) is 5.56 Å². The molecule has 0 fully saturated rings. The zero-order valence-corrected chi connectivity index (χ0v) is 14.5. The van der Waals surface area contributed by atoms with E-state index in [1.54, 1.807) is 33.9 Å². The Morgan fingerprint density at radius 2 is 1.88 bits per heavy atom. The fourth-order valence-electron chi connectivity index (χ4n) is 2.48. The molecule has 1 aliphatic rings. The summed E-state index contributed by atoms with van der Waals surface area (Å²) in [5.74, 6) is -0.354. The first-order chi connectivity index (χ1) is 11.2. The smallest absolute Gasteiger partial charge is 0.414 e. The number of carbonyl (C=O) groups is 2. The number of rotatable bonds is 5. The summed E-state index contributed by atoms with van der Waals surface area (Å²) in [6.45, 7) is 5.53. The van der Waals surface area contributed by atoms with Gasteiger partial charge in [0.25, 0.3) is 0 Å². The molecule has 130 valence electrons. The van der Waals surface area contributed by atoms with E-state index in [4.69, 9.17) is 9.47 Å². The van der Waals surface area contributed by atoms with Crippen LogP contribution in [0, 0.1) is 0 Å². The highest BCUT2D eigenvalue weighted by atomic mass is 16.6. The number of allylic oxidation sites excluding steroid dienone is 1. The lowest BCUT2D eigenvalue weighted by atomic mass is 9.93. The fourth-order valence-corrected chi connectivity index (χ4v) is 2.48. The summed E-state index contributed by atoms with van der Waals surface area (Å²) in [5.41, 5.74) is 0.887. The van der Waals surface area contributed by atoms with Gasteiger partial charge in [0, 0.05) is 11.3 Å². The van der Waals surface area contributed by atoms with Crippen LogP contribution in [-0.2, 0) is 16.1 Å². The van der Waals surface area contributed by atoms with Gasteiger partial charge >= 0.3 is 12.1 Å². The molecule has 0 saturated carbocycles. The predicted octanol–water partition coefficient (Wildman–Crippen LogP) is 3.56. The van der Waals surface area contributed by atoms with E-state index in [9.17, 15) is 14.7 Å². The molecule has 0 saturated heterocycles. The van der Waals surface area contributed by atoms with Gasteiger partial charge < -0.3 is 14.6 Å². The number of carboxylic acid groups (broad SMARTS) is 1. The molecule has 2 rings (SSSR count). The largest absolute Gasteiger partial charge is 0.496 e. The first-order valence-electron chi connectivity index (χ1n) is 7.80. The third-order valence-electron chi connectivity index (χ3n) is 3.68. The number of amides is 1. The van der Waals surface area contributed by atoms with E-state index in [1.165, 1.54) is 4.90 Å². The zero-order valence-electron chi connectivity index (χ0n) is 14.5. The van der Waals surface area contributed by atoms with Crippen LogP contribution in [0.3, 0.4) is 0 Å². The van der Waals surface area contributed by atoms with Crippen molar-refractivity contribution in [2.45, 2.75) is 45.8 Å². The monoisotopic (exact) mass is 333 g/mol. The van der Waals surface area contributed by atoms with Gasteiger partial charge in [-0.2, -0.15) is 0 Å². The van der Waals surface area contributed by atoms with Crippen molar-refractivity contribution in [2.24, 2.45) is 0 Å². The van der Waals surface area contributed by atoms with Gasteiger partial charge in [0.1, 0.15) is 11.4 Å². The molecule has 0 aromatic heterocycles. The van der Waals surface area contributed by atoms with Crippen molar-refractivity contribution in [1.29, 1.82) is 0 Å². The average Bonchev–Trinajstić information content (AvgIpc) is 2.43. The van der Waals surface area contributed by atoms with Gasteiger partial charge in [0.05, 0.1) is 19.2 Å². The van der Waals surface area contributed by atoms with Gasteiger partial charge in [-0.15, -0.1) is 0 Å². The minimum Gasteiger partial charge on any atom is -0.496 e. The lowest BCUT2D eigenvalue weighted by Crippen LogP contribution is -2.39. The van der Waals surface area contributed by atoms with Crippen molar-refractivity contribution in [2.75, 3.05) is 7.11 Å². The minimum absolute atomic E-state index is 0.199. The second-order valence-corrected chi connectivity index (χ2v) is 6.61. The van der Waals surface area contributed by atoms with Crippen LogP contribution in [0.4, 0.5) is 4.79 Å². The van der Waals surface area contributed by atoms with Gasteiger partial charge in [-0.3, -0.25) is 4.90 Å². The molecule has 1 aromatic rings. The highest BCUT2D eigenvalue weighted by molar-refractivity contribution is 5.90. The Kier molecular flexibility index (Phi) is 5.17. The van der Waals surface area contributed by atoms with Gasteiger partial charge in [0.2, 0.25) is 0 Å². The molecule has 0 atom stereocenters. The molecule has 6 nitrogen and oxygen atoms in total. The third-order valence-corrected chi connectivity index (χ3v) is 3.68. The molecule has 1 aromatic carbocycles. The van der Waals surface area contributed by atoms with Crippen molar-refractivity contribution in [3.8, 4) is 5.75 Å². The number of carboxylic acids is 1. The Bertz CT molecular complexity index is 672. The van der Waals surface area contributed by atoms with Crippen LogP contribution >= 0.6 is 0 Å². The Hall–Kier alpha value is -2.50. The van der Waals surface area contributed by atoms with Crippen LogP contribution in [0.2, 0.25) is 0 Å². The van der Waals surface area contributed by atoms with Crippen molar-refractivity contribution in [3.63, 3.8) is 0 Å². The molecule has 24 heavy (non-hydrogen) atoms. The van der Waals surface area contributed by atoms with Crippen molar-refractivity contribution >= 4 is 12.1 Å². The summed E-state index contributed by atoms with van der Waals surface area (Å²) in [6, 6.07) is 7.33. The molecule has 0 spiro atoms. The molecular weight excluding hydrogens is 310 g/mol. The number of ether oxygens (including phenoxy) is 2. The highest BCUT2D eigenvalue weighted by Gasteiger charge is 2.33. The topological polar surface area (TPSA) is 76.1 Å². The summed E-state index contributed by atoms with van der Waals surface area (Å²) in [6.07, 6.45) is 0.438. The minimum atomic E-state index is -0.996. The molecule has 0 aliphatic heterocycles. The lowest BCUT2D eigenvalue weighted by Gasteiger charge is -2.34. The van der Waals surface area contributed by atoms with Gasteiger partial charge in [-0.25, -0.2) is 9.59 Å². The molecule has 1 aliphatic carbocycles. The van der Waals surface area contributed by atoms with Crippen LogP contribution in [0.25, 0.3) is 0 Å². The number of hydrogen-bond donors (Lipinski definition) is 1. The van der Waals surface area contributed by atoms with Crippen molar-refractivity contribution in [1.82, 2.24) is 4.90 Å². The van der Waals surface area contributed by atoms with Crippen molar-refractivity contribution in [3.05, 3.63) is 41.1 Å². The van der Waals surface area contributed by atoms with E-state index in [1.807, 2.05) is 18.2 Å². The molecule has 0 radical (unpaired) electrons. The maximum Gasteiger partial charge on any atom is 0.414 e. The number of methoxy groups -OCH3 is 1. The van der Waals surface area contributed by atoms with E-state index in [0.29, 0.717) is 24.3 Å². The van der Waals surface area contributed by atoms with E-state index >= 15 is 0 Å². The Balaban J connectivity index is 2.35. The van der Waals surface area contributed by atoms with Crippen LogP contribution in [-0.4, -0.2) is 34.8 Å². The molecule has 1 amide bonds. The summed E-state index contributed by atoms with van der Waals surface area (Å²) in [4.78, 5) is 25.3. The molecule has 1 N–H and O–H groups in total. The first-order valence-corrected chi connectivity index (χ1v) is 7.80. The molecule has 0 heterocycles. The molecule has 0 unspecified atom stereocenters. The van der Waals surface area contributed by atoms with E-state index < -0.39 is 17.7 Å². The van der Waals surface area contributed by atoms with Gasteiger partial charge in [-0.05, 0) is 39.7 Å². The number of benzene rings is 1.